The Labute approximate surface area is 112 Å². The molecule has 0 bridgehead atoms. The van der Waals surface area contributed by atoms with Crippen LogP contribution in [0.5, 0.6) is 0 Å². The molecule has 0 aliphatic carbocycles. The molecule has 0 unspecified atom stereocenters. The molecule has 0 aromatic carbocycles. The third kappa shape index (κ3) is 4.73. The average molecular weight is 256 g/mol. The summed E-state index contributed by atoms with van der Waals surface area (Å²) in [5.41, 5.74) is -3.40. The van der Waals surface area contributed by atoms with Crippen molar-refractivity contribution in [2.24, 2.45) is 0 Å². The van der Waals surface area contributed by atoms with E-state index >= 15 is 0 Å². The van der Waals surface area contributed by atoms with Crippen molar-refractivity contribution < 1.29 is 19.5 Å². The summed E-state index contributed by atoms with van der Waals surface area (Å²) in [4.78, 5) is 0. The molecule has 18 heavy (non-hydrogen) atoms. The van der Waals surface area contributed by atoms with E-state index < -0.39 is 22.4 Å². The molecule has 0 heterocycles. The van der Waals surface area contributed by atoms with Gasteiger partial charge in [-0.3, -0.25) is 0 Å². The van der Waals surface area contributed by atoms with Gasteiger partial charge in [0.25, 0.3) is 0 Å². The first kappa shape index (κ1) is 17.6. The van der Waals surface area contributed by atoms with Gasteiger partial charge < -0.3 is 0 Å². The Morgan fingerprint density at radius 3 is 1.00 bits per heavy atom. The molecule has 0 aliphatic rings. The van der Waals surface area contributed by atoms with E-state index in [0.717, 1.165) is 0 Å². The summed E-state index contributed by atoms with van der Waals surface area (Å²) in [6.45, 7) is 13.9. The van der Waals surface area contributed by atoms with E-state index in [9.17, 15) is 10.2 Å². The molecule has 6 heteroatoms. The van der Waals surface area contributed by atoms with E-state index in [1.165, 1.54) is 14.0 Å². The molecule has 0 aromatic rings. The van der Waals surface area contributed by atoms with Crippen LogP contribution in [0.3, 0.4) is 0 Å². The fourth-order valence-corrected chi connectivity index (χ4v) is 0.684. The van der Waals surface area contributed by atoms with E-state index in [4.69, 9.17) is 9.31 Å². The maximum absolute atomic E-state index is 9.89. The van der Waals surface area contributed by atoms with Gasteiger partial charge in [-0.1, -0.05) is 0 Å². The van der Waals surface area contributed by atoms with E-state index in [-0.39, 0.29) is 0 Å². The Morgan fingerprint density at radius 2 is 0.833 bits per heavy atom. The SMILES string of the molecule is CC(C)(O)C(C)(C)OB=BOC(C)(C)C(C)(C)O. The average Bonchev–Trinajstić information content (AvgIpc) is 2.08. The summed E-state index contributed by atoms with van der Waals surface area (Å²) in [6, 6.07) is 0. The zero-order valence-electron chi connectivity index (χ0n) is 12.9. The van der Waals surface area contributed by atoms with Gasteiger partial charge in [0.15, 0.2) is 0 Å². The van der Waals surface area contributed by atoms with Crippen LogP contribution >= 0.6 is 0 Å². The van der Waals surface area contributed by atoms with Crippen molar-refractivity contribution in [3.8, 4) is 0 Å². The second kappa shape index (κ2) is 5.33. The summed E-state index contributed by atoms with van der Waals surface area (Å²) < 4.78 is 10.9. The van der Waals surface area contributed by atoms with Crippen molar-refractivity contribution in [2.45, 2.75) is 77.8 Å². The molecule has 0 radical (unpaired) electrons. The number of aliphatic hydroxyl groups is 2. The number of hydrogen-bond acceptors (Lipinski definition) is 4. The fraction of sp³-hybridized carbons (Fsp3) is 1.00. The van der Waals surface area contributed by atoms with Crippen LogP contribution in [0.2, 0.25) is 0 Å². The van der Waals surface area contributed by atoms with Crippen molar-refractivity contribution >= 4 is 14.0 Å². The summed E-state index contributed by atoms with van der Waals surface area (Å²) in [5, 5.41) is 19.8. The zero-order chi connectivity index (χ0) is 14.8. The third-order valence-electron chi connectivity index (χ3n) is 3.73. The monoisotopic (exact) mass is 256 g/mol. The van der Waals surface area contributed by atoms with Crippen molar-refractivity contribution in [1.82, 2.24) is 0 Å². The summed E-state index contributed by atoms with van der Waals surface area (Å²) in [7, 11) is 2.79. The normalized spacial score (nSPS) is 14.1. The quantitative estimate of drug-likeness (QED) is 0.702. The molecule has 0 spiro atoms. The van der Waals surface area contributed by atoms with Gasteiger partial charge in [-0.25, -0.2) is 0 Å². The molecule has 0 saturated carbocycles. The predicted molar refractivity (Wildman–Crippen MR) is 74.4 cm³/mol. The van der Waals surface area contributed by atoms with Crippen molar-refractivity contribution in [3.63, 3.8) is 0 Å². The van der Waals surface area contributed by atoms with Gasteiger partial charge >= 0.3 is 111 Å². The van der Waals surface area contributed by atoms with Crippen molar-refractivity contribution in [3.05, 3.63) is 0 Å². The molecule has 104 valence electrons. The van der Waals surface area contributed by atoms with Crippen molar-refractivity contribution in [2.75, 3.05) is 0 Å². The third-order valence-corrected chi connectivity index (χ3v) is 3.73. The Morgan fingerprint density at radius 1 is 0.611 bits per heavy atom. The number of rotatable bonds is 6. The molecule has 0 saturated heterocycles. The van der Waals surface area contributed by atoms with Crippen molar-refractivity contribution in [1.29, 1.82) is 0 Å². The van der Waals surface area contributed by atoms with Crippen LogP contribution < -0.4 is 0 Å². The molecule has 2 N–H and O–H groups in total. The van der Waals surface area contributed by atoms with E-state index in [1.807, 2.05) is 0 Å². The second-order valence-corrected chi connectivity index (χ2v) is 6.65. The van der Waals surface area contributed by atoms with Gasteiger partial charge in [-0.15, -0.1) is 0 Å². The van der Waals surface area contributed by atoms with Crippen LogP contribution in [0, 0.1) is 0 Å². The molecule has 0 amide bonds. The first-order valence-electron chi connectivity index (χ1n) is 6.16. The van der Waals surface area contributed by atoms with Gasteiger partial charge in [0.1, 0.15) is 0 Å². The van der Waals surface area contributed by atoms with E-state index in [0.29, 0.717) is 0 Å². The predicted octanol–water partition coefficient (Wildman–Crippen LogP) is 1.27. The Balaban J connectivity index is 4.47. The zero-order valence-corrected chi connectivity index (χ0v) is 12.9. The second-order valence-electron chi connectivity index (χ2n) is 6.65. The van der Waals surface area contributed by atoms with Gasteiger partial charge in [0, 0.05) is 0 Å². The maximum atomic E-state index is 9.89. The van der Waals surface area contributed by atoms with Crippen LogP contribution in [0.15, 0.2) is 0 Å². The van der Waals surface area contributed by atoms with Crippen LogP contribution in [-0.2, 0) is 9.31 Å². The topological polar surface area (TPSA) is 58.9 Å². The van der Waals surface area contributed by atoms with Crippen LogP contribution in [0.4, 0.5) is 0 Å². The van der Waals surface area contributed by atoms with E-state index in [2.05, 4.69) is 0 Å². The molecular formula is C12H26B2O4. The minimum absolute atomic E-state index is 0.730. The molecule has 0 aromatic heterocycles. The Kier molecular flexibility index (Phi) is 5.23. The molecule has 4 nitrogen and oxygen atoms in total. The molecule has 0 atom stereocenters. The van der Waals surface area contributed by atoms with Gasteiger partial charge in [0.05, 0.1) is 0 Å². The first-order chi connectivity index (χ1) is 7.71. The van der Waals surface area contributed by atoms with Gasteiger partial charge in [0.2, 0.25) is 0 Å². The molecular weight excluding hydrogens is 230 g/mol. The minimum atomic E-state index is -0.969. The van der Waals surface area contributed by atoms with Gasteiger partial charge in [-0.2, -0.15) is 0 Å². The first-order valence-corrected chi connectivity index (χ1v) is 6.16. The molecule has 0 fully saturated rings. The molecule has 0 rings (SSSR count). The summed E-state index contributed by atoms with van der Waals surface area (Å²) in [5.74, 6) is 0. The molecule has 0 aliphatic heterocycles. The summed E-state index contributed by atoms with van der Waals surface area (Å²) >= 11 is 0. The van der Waals surface area contributed by atoms with Gasteiger partial charge in [-0.05, 0) is 0 Å². The van der Waals surface area contributed by atoms with E-state index in [1.54, 1.807) is 55.4 Å². The Hall–Kier alpha value is -0.350. The number of hydrogen-bond donors (Lipinski definition) is 2. The van der Waals surface area contributed by atoms with Crippen LogP contribution in [-0.4, -0.2) is 46.6 Å². The standard InChI is InChI=1S/C12H26B2O4/c1-9(2,15)11(5,6)17-13-14-18-12(7,8)10(3,4)16/h15-16H,1-8H3. The Bertz CT molecular complexity index is 268. The summed E-state index contributed by atoms with van der Waals surface area (Å²) in [6.07, 6.45) is 0. The fourth-order valence-electron chi connectivity index (χ4n) is 0.684. The van der Waals surface area contributed by atoms with Crippen LogP contribution in [0.25, 0.3) is 0 Å². The van der Waals surface area contributed by atoms with Crippen LogP contribution in [0.1, 0.15) is 55.4 Å².